The maximum Gasteiger partial charge on any atom is 0.117 e. The highest BCUT2D eigenvalue weighted by atomic mass is 19.1. The second-order valence-corrected chi connectivity index (χ2v) is 4.74. The Kier molecular flexibility index (Phi) is 4.51. The standard InChI is InChI=1S/C14H20FNO/c15-10-14(17)13-8-4-5-9-16(13)11-12-6-2-1-3-7-12/h1-3,6-7,13-14,17H,4-5,8-11H2. The number of piperidine rings is 1. The number of rotatable bonds is 4. The van der Waals surface area contributed by atoms with E-state index in [-0.39, 0.29) is 6.04 Å². The lowest BCUT2D eigenvalue weighted by atomic mass is 9.97. The summed E-state index contributed by atoms with van der Waals surface area (Å²) in [4.78, 5) is 2.21. The predicted molar refractivity (Wildman–Crippen MR) is 66.5 cm³/mol. The molecular weight excluding hydrogens is 217 g/mol. The molecule has 94 valence electrons. The van der Waals surface area contributed by atoms with Gasteiger partial charge in [-0.25, -0.2) is 4.39 Å². The third kappa shape index (κ3) is 3.27. The lowest BCUT2D eigenvalue weighted by molar-refractivity contribution is 0.00845. The van der Waals surface area contributed by atoms with Crippen molar-refractivity contribution in [2.45, 2.75) is 38.0 Å². The third-order valence-electron chi connectivity index (χ3n) is 3.49. The average Bonchev–Trinajstić information content (AvgIpc) is 2.40. The normalized spacial score (nSPS) is 23.5. The largest absolute Gasteiger partial charge is 0.389 e. The van der Waals surface area contributed by atoms with E-state index in [4.69, 9.17) is 0 Å². The zero-order valence-electron chi connectivity index (χ0n) is 10.1. The number of aliphatic hydroxyl groups excluding tert-OH is 1. The fourth-order valence-corrected chi connectivity index (χ4v) is 2.57. The lowest BCUT2D eigenvalue weighted by Gasteiger charge is -2.37. The molecule has 0 aliphatic carbocycles. The van der Waals surface area contributed by atoms with Gasteiger partial charge < -0.3 is 5.11 Å². The van der Waals surface area contributed by atoms with Gasteiger partial charge in [0.1, 0.15) is 6.67 Å². The highest BCUT2D eigenvalue weighted by Crippen LogP contribution is 2.22. The van der Waals surface area contributed by atoms with Crippen LogP contribution in [0.4, 0.5) is 4.39 Å². The molecule has 3 heteroatoms. The Hall–Kier alpha value is -0.930. The minimum Gasteiger partial charge on any atom is -0.389 e. The molecule has 2 rings (SSSR count). The van der Waals surface area contributed by atoms with Gasteiger partial charge in [-0.1, -0.05) is 36.8 Å². The summed E-state index contributed by atoms with van der Waals surface area (Å²) in [7, 11) is 0. The summed E-state index contributed by atoms with van der Waals surface area (Å²) in [6.07, 6.45) is 2.30. The van der Waals surface area contributed by atoms with Crippen molar-refractivity contribution in [1.29, 1.82) is 0 Å². The Morgan fingerprint density at radius 3 is 2.76 bits per heavy atom. The summed E-state index contributed by atoms with van der Waals surface area (Å²) >= 11 is 0. The molecule has 1 aliphatic rings. The van der Waals surface area contributed by atoms with E-state index in [9.17, 15) is 9.50 Å². The molecule has 2 unspecified atom stereocenters. The summed E-state index contributed by atoms with van der Waals surface area (Å²) < 4.78 is 12.6. The summed E-state index contributed by atoms with van der Waals surface area (Å²) in [5.74, 6) is 0. The van der Waals surface area contributed by atoms with E-state index in [1.165, 1.54) is 5.56 Å². The van der Waals surface area contributed by atoms with Crippen LogP contribution in [0.15, 0.2) is 30.3 Å². The smallest absolute Gasteiger partial charge is 0.117 e. The number of alkyl halides is 1. The average molecular weight is 237 g/mol. The maximum atomic E-state index is 12.6. The van der Waals surface area contributed by atoms with Crippen LogP contribution in [0.3, 0.4) is 0 Å². The number of hydrogen-bond donors (Lipinski definition) is 1. The molecule has 1 aromatic carbocycles. The molecule has 1 saturated heterocycles. The van der Waals surface area contributed by atoms with Gasteiger partial charge in [-0.3, -0.25) is 4.90 Å². The van der Waals surface area contributed by atoms with Gasteiger partial charge >= 0.3 is 0 Å². The first kappa shape index (κ1) is 12.5. The van der Waals surface area contributed by atoms with Crippen molar-refractivity contribution in [2.75, 3.05) is 13.2 Å². The van der Waals surface area contributed by atoms with Gasteiger partial charge in [-0.2, -0.15) is 0 Å². The van der Waals surface area contributed by atoms with Gasteiger partial charge in [0.15, 0.2) is 0 Å². The van der Waals surface area contributed by atoms with Crippen molar-refractivity contribution in [3.05, 3.63) is 35.9 Å². The minimum absolute atomic E-state index is 0.0195. The van der Waals surface area contributed by atoms with Crippen LogP contribution in [0.2, 0.25) is 0 Å². The summed E-state index contributed by atoms with van der Waals surface area (Å²) in [6, 6.07) is 10.2. The second-order valence-electron chi connectivity index (χ2n) is 4.74. The second kappa shape index (κ2) is 6.12. The van der Waals surface area contributed by atoms with Crippen molar-refractivity contribution in [3.8, 4) is 0 Å². The number of aliphatic hydroxyl groups is 1. The van der Waals surface area contributed by atoms with Crippen LogP contribution in [-0.4, -0.2) is 35.4 Å². The quantitative estimate of drug-likeness (QED) is 0.869. The number of likely N-dealkylation sites (tertiary alicyclic amines) is 1. The Labute approximate surface area is 102 Å². The molecule has 1 heterocycles. The van der Waals surface area contributed by atoms with Crippen LogP contribution in [0.25, 0.3) is 0 Å². The number of hydrogen-bond acceptors (Lipinski definition) is 2. The first-order chi connectivity index (χ1) is 8.31. The molecule has 0 saturated carbocycles. The molecule has 1 N–H and O–H groups in total. The van der Waals surface area contributed by atoms with E-state index in [1.54, 1.807) is 0 Å². The molecule has 0 spiro atoms. The van der Waals surface area contributed by atoms with Gasteiger partial charge in [0, 0.05) is 12.6 Å². The number of nitrogens with zero attached hydrogens (tertiary/aromatic N) is 1. The van der Waals surface area contributed by atoms with E-state index in [0.717, 1.165) is 32.4 Å². The molecule has 0 amide bonds. The topological polar surface area (TPSA) is 23.5 Å². The van der Waals surface area contributed by atoms with Crippen LogP contribution in [0.5, 0.6) is 0 Å². The van der Waals surface area contributed by atoms with Crippen LogP contribution in [-0.2, 0) is 6.54 Å². The van der Waals surface area contributed by atoms with Gasteiger partial charge in [-0.05, 0) is 24.9 Å². The molecule has 2 atom stereocenters. The fourth-order valence-electron chi connectivity index (χ4n) is 2.57. The van der Waals surface area contributed by atoms with E-state index in [0.29, 0.717) is 0 Å². The summed E-state index contributed by atoms with van der Waals surface area (Å²) in [6.45, 7) is 1.12. The number of benzene rings is 1. The first-order valence-corrected chi connectivity index (χ1v) is 6.33. The van der Waals surface area contributed by atoms with Crippen molar-refractivity contribution in [2.24, 2.45) is 0 Å². The molecule has 1 aliphatic heterocycles. The third-order valence-corrected chi connectivity index (χ3v) is 3.49. The lowest BCUT2D eigenvalue weighted by Crippen LogP contribution is -2.47. The Morgan fingerprint density at radius 2 is 2.06 bits per heavy atom. The van der Waals surface area contributed by atoms with E-state index >= 15 is 0 Å². The first-order valence-electron chi connectivity index (χ1n) is 6.33. The molecule has 0 bridgehead atoms. The van der Waals surface area contributed by atoms with Gasteiger partial charge in [0.05, 0.1) is 6.10 Å². The molecule has 2 nitrogen and oxygen atoms in total. The Morgan fingerprint density at radius 1 is 1.29 bits per heavy atom. The van der Waals surface area contributed by atoms with Gasteiger partial charge in [0.25, 0.3) is 0 Å². The van der Waals surface area contributed by atoms with Crippen molar-refractivity contribution < 1.29 is 9.50 Å². The Balaban J connectivity index is 2.01. The van der Waals surface area contributed by atoms with E-state index < -0.39 is 12.8 Å². The van der Waals surface area contributed by atoms with Crippen molar-refractivity contribution in [3.63, 3.8) is 0 Å². The Bertz CT molecular complexity index is 330. The molecular formula is C14H20FNO. The molecule has 17 heavy (non-hydrogen) atoms. The summed E-state index contributed by atoms with van der Waals surface area (Å²) in [5.41, 5.74) is 1.23. The fraction of sp³-hybridized carbons (Fsp3) is 0.571. The molecule has 0 aromatic heterocycles. The maximum absolute atomic E-state index is 12.6. The zero-order valence-corrected chi connectivity index (χ0v) is 10.1. The predicted octanol–water partition coefficient (Wildman–Crippen LogP) is 2.37. The van der Waals surface area contributed by atoms with Crippen LogP contribution in [0.1, 0.15) is 24.8 Å². The molecule has 1 fully saturated rings. The van der Waals surface area contributed by atoms with Crippen LogP contribution >= 0.6 is 0 Å². The van der Waals surface area contributed by atoms with Crippen molar-refractivity contribution >= 4 is 0 Å². The number of halogens is 1. The van der Waals surface area contributed by atoms with Crippen LogP contribution in [0, 0.1) is 0 Å². The van der Waals surface area contributed by atoms with Gasteiger partial charge in [-0.15, -0.1) is 0 Å². The highest BCUT2D eigenvalue weighted by Gasteiger charge is 2.28. The van der Waals surface area contributed by atoms with Gasteiger partial charge in [0.2, 0.25) is 0 Å². The highest BCUT2D eigenvalue weighted by molar-refractivity contribution is 5.14. The van der Waals surface area contributed by atoms with Crippen molar-refractivity contribution in [1.82, 2.24) is 4.90 Å². The summed E-state index contributed by atoms with van der Waals surface area (Å²) in [5, 5.41) is 9.71. The minimum atomic E-state index is -0.834. The SMILES string of the molecule is OC(CF)C1CCCCN1Cc1ccccc1. The molecule has 1 aromatic rings. The monoisotopic (exact) mass is 237 g/mol. The van der Waals surface area contributed by atoms with E-state index in [1.807, 2.05) is 18.2 Å². The zero-order chi connectivity index (χ0) is 12.1. The van der Waals surface area contributed by atoms with Crippen LogP contribution < -0.4 is 0 Å². The molecule has 0 radical (unpaired) electrons. The van der Waals surface area contributed by atoms with E-state index in [2.05, 4.69) is 17.0 Å².